The Kier molecular flexibility index (Phi) is 2.56. The van der Waals surface area contributed by atoms with Crippen molar-refractivity contribution in [1.82, 2.24) is 4.57 Å². The van der Waals surface area contributed by atoms with Crippen LogP contribution >= 0.6 is 0 Å². The van der Waals surface area contributed by atoms with Gasteiger partial charge in [-0.1, -0.05) is 36.4 Å². The fourth-order valence-electron chi connectivity index (χ4n) is 2.57. The summed E-state index contributed by atoms with van der Waals surface area (Å²) in [6.45, 7) is 3.21. The molecule has 1 unspecified atom stereocenters. The van der Waals surface area contributed by atoms with E-state index in [1.165, 1.54) is 0 Å². The van der Waals surface area contributed by atoms with Gasteiger partial charge in [-0.05, 0) is 30.2 Å². The molecule has 1 atom stereocenters. The second kappa shape index (κ2) is 4.33. The molecule has 0 aliphatic carbocycles. The van der Waals surface area contributed by atoms with E-state index in [0.717, 1.165) is 16.6 Å². The number of fused-ring (bicyclic) bond motifs is 1. The molecule has 1 saturated heterocycles. The summed E-state index contributed by atoms with van der Waals surface area (Å²) < 4.78 is 12.4. The molecule has 0 N–H and O–H groups in total. The molecule has 4 rings (SSSR count). The molecular weight excluding hydrogens is 266 g/mol. The minimum Gasteiger partial charge on any atom is -0.408 e. The average Bonchev–Trinajstić information content (AvgIpc) is 3.16. The molecule has 0 radical (unpaired) electrons. The Morgan fingerprint density at radius 1 is 1.14 bits per heavy atom. The molecule has 4 nitrogen and oxygen atoms in total. The van der Waals surface area contributed by atoms with Crippen LogP contribution in [-0.2, 0) is 11.3 Å². The van der Waals surface area contributed by atoms with Crippen molar-refractivity contribution in [2.45, 2.75) is 19.1 Å². The van der Waals surface area contributed by atoms with Crippen LogP contribution in [0.4, 0.5) is 0 Å². The first-order valence-electron chi connectivity index (χ1n) is 6.97. The molecule has 2 aromatic carbocycles. The number of epoxide rings is 1. The van der Waals surface area contributed by atoms with Crippen LogP contribution < -0.4 is 5.76 Å². The number of rotatable bonds is 3. The fourth-order valence-corrected chi connectivity index (χ4v) is 2.57. The van der Waals surface area contributed by atoms with Crippen molar-refractivity contribution in [3.05, 3.63) is 59.1 Å². The maximum atomic E-state index is 12.0. The molecule has 1 fully saturated rings. The topological polar surface area (TPSA) is 47.7 Å². The number of nitrogens with zero attached hydrogens (tertiary/aromatic N) is 1. The zero-order valence-corrected chi connectivity index (χ0v) is 11.7. The zero-order valence-electron chi connectivity index (χ0n) is 11.7. The average molecular weight is 281 g/mol. The molecule has 0 bridgehead atoms. The summed E-state index contributed by atoms with van der Waals surface area (Å²) in [4.78, 5) is 12.0. The third-order valence-electron chi connectivity index (χ3n) is 3.90. The smallest absolute Gasteiger partial charge is 0.408 e. The molecule has 21 heavy (non-hydrogen) atoms. The monoisotopic (exact) mass is 281 g/mol. The highest BCUT2D eigenvalue weighted by molar-refractivity contribution is 5.80. The highest BCUT2D eigenvalue weighted by Gasteiger charge is 2.40. The Labute approximate surface area is 121 Å². The van der Waals surface area contributed by atoms with Crippen LogP contribution in [0.25, 0.3) is 22.2 Å². The Balaban J connectivity index is 1.86. The van der Waals surface area contributed by atoms with E-state index in [0.29, 0.717) is 18.7 Å². The molecule has 106 valence electrons. The molecule has 0 spiro atoms. The van der Waals surface area contributed by atoms with E-state index in [2.05, 4.69) is 12.1 Å². The van der Waals surface area contributed by atoms with Crippen molar-refractivity contribution in [3.63, 3.8) is 0 Å². The quantitative estimate of drug-likeness (QED) is 0.693. The summed E-state index contributed by atoms with van der Waals surface area (Å²) in [7, 11) is 0. The lowest BCUT2D eigenvalue weighted by Gasteiger charge is -2.06. The summed E-state index contributed by atoms with van der Waals surface area (Å²) in [5.41, 5.74) is 3.39. The van der Waals surface area contributed by atoms with Crippen LogP contribution in [0, 0.1) is 0 Å². The van der Waals surface area contributed by atoms with Gasteiger partial charge in [-0.3, -0.25) is 4.57 Å². The molecule has 0 saturated carbocycles. The summed E-state index contributed by atoms with van der Waals surface area (Å²) in [5.74, 6) is -0.327. The number of benzene rings is 2. The number of oxazole rings is 1. The number of hydrogen-bond donors (Lipinski definition) is 0. The van der Waals surface area contributed by atoms with Gasteiger partial charge in [0, 0.05) is 0 Å². The number of hydrogen-bond acceptors (Lipinski definition) is 3. The van der Waals surface area contributed by atoms with Gasteiger partial charge >= 0.3 is 5.76 Å². The molecule has 2 heterocycles. The third-order valence-corrected chi connectivity index (χ3v) is 3.90. The molecule has 4 heteroatoms. The van der Waals surface area contributed by atoms with Gasteiger partial charge in [0.05, 0.1) is 18.7 Å². The van der Waals surface area contributed by atoms with E-state index >= 15 is 0 Å². The third kappa shape index (κ3) is 2.17. The number of ether oxygens (including phenoxy) is 1. The first-order chi connectivity index (χ1) is 10.1. The lowest BCUT2D eigenvalue weighted by Crippen LogP contribution is -2.23. The van der Waals surface area contributed by atoms with Crippen LogP contribution in [0.1, 0.15) is 6.92 Å². The molecule has 1 aliphatic heterocycles. The van der Waals surface area contributed by atoms with Gasteiger partial charge < -0.3 is 9.15 Å². The standard InChI is InChI=1S/C17H15NO3/c1-17(11-20-17)10-18-14-9-13(12-5-3-2-4-6-12)7-8-15(14)21-16(18)19/h2-9H,10-11H2,1H3. The molecular formula is C17H15NO3. The molecule has 1 aromatic heterocycles. The van der Waals surface area contributed by atoms with Gasteiger partial charge in [-0.15, -0.1) is 0 Å². The minimum atomic E-state index is -0.327. The van der Waals surface area contributed by atoms with E-state index in [1.54, 1.807) is 4.57 Å². The maximum Gasteiger partial charge on any atom is 0.420 e. The second-order valence-corrected chi connectivity index (χ2v) is 5.74. The van der Waals surface area contributed by atoms with Crippen LogP contribution in [0.2, 0.25) is 0 Å². The summed E-state index contributed by atoms with van der Waals surface area (Å²) in [6.07, 6.45) is 0. The van der Waals surface area contributed by atoms with E-state index in [4.69, 9.17) is 9.15 Å². The normalized spacial score (nSPS) is 20.8. The van der Waals surface area contributed by atoms with Crippen molar-refractivity contribution in [2.24, 2.45) is 0 Å². The molecule has 1 aliphatic rings. The lowest BCUT2D eigenvalue weighted by atomic mass is 10.1. The minimum absolute atomic E-state index is 0.233. The molecule has 3 aromatic rings. The Morgan fingerprint density at radius 3 is 2.62 bits per heavy atom. The lowest BCUT2D eigenvalue weighted by molar-refractivity contribution is 0.289. The van der Waals surface area contributed by atoms with Crippen LogP contribution in [0.5, 0.6) is 0 Å². The van der Waals surface area contributed by atoms with E-state index < -0.39 is 0 Å². The Morgan fingerprint density at radius 2 is 1.90 bits per heavy atom. The van der Waals surface area contributed by atoms with Crippen molar-refractivity contribution >= 4 is 11.1 Å². The van der Waals surface area contributed by atoms with Crippen molar-refractivity contribution < 1.29 is 9.15 Å². The highest BCUT2D eigenvalue weighted by Crippen LogP contribution is 2.30. The van der Waals surface area contributed by atoms with Crippen molar-refractivity contribution in [2.75, 3.05) is 6.61 Å². The van der Waals surface area contributed by atoms with Gasteiger partial charge in [-0.25, -0.2) is 4.79 Å². The van der Waals surface area contributed by atoms with E-state index in [-0.39, 0.29) is 11.4 Å². The van der Waals surface area contributed by atoms with Gasteiger partial charge in [0.1, 0.15) is 5.60 Å². The maximum absolute atomic E-state index is 12.0. The van der Waals surface area contributed by atoms with E-state index in [9.17, 15) is 4.79 Å². The van der Waals surface area contributed by atoms with E-state index in [1.807, 2.05) is 43.3 Å². The van der Waals surface area contributed by atoms with Crippen LogP contribution in [0.3, 0.4) is 0 Å². The SMILES string of the molecule is CC1(Cn2c(=O)oc3ccc(-c4ccccc4)cc32)CO1. The van der Waals surface area contributed by atoms with Crippen molar-refractivity contribution in [1.29, 1.82) is 0 Å². The summed E-state index contributed by atoms with van der Waals surface area (Å²) in [5, 5.41) is 0. The predicted octanol–water partition coefficient (Wildman–Crippen LogP) is 3.05. The van der Waals surface area contributed by atoms with Gasteiger partial charge in [0.25, 0.3) is 0 Å². The Hall–Kier alpha value is -2.33. The van der Waals surface area contributed by atoms with Gasteiger partial charge in [-0.2, -0.15) is 0 Å². The van der Waals surface area contributed by atoms with Crippen LogP contribution in [0.15, 0.2) is 57.7 Å². The first-order valence-corrected chi connectivity index (χ1v) is 6.97. The number of aromatic nitrogens is 1. The first kappa shape index (κ1) is 12.4. The Bertz CT molecular complexity index is 857. The van der Waals surface area contributed by atoms with Crippen molar-refractivity contribution in [3.8, 4) is 11.1 Å². The second-order valence-electron chi connectivity index (χ2n) is 5.74. The predicted molar refractivity (Wildman–Crippen MR) is 80.3 cm³/mol. The summed E-state index contributed by atoms with van der Waals surface area (Å²) >= 11 is 0. The fraction of sp³-hybridized carbons (Fsp3) is 0.235. The molecule has 0 amide bonds. The van der Waals surface area contributed by atoms with Gasteiger partial charge in [0.15, 0.2) is 5.58 Å². The van der Waals surface area contributed by atoms with Gasteiger partial charge in [0.2, 0.25) is 0 Å². The zero-order chi connectivity index (χ0) is 14.4. The highest BCUT2D eigenvalue weighted by atomic mass is 16.6. The summed E-state index contributed by atoms with van der Waals surface area (Å²) in [6, 6.07) is 15.9. The van der Waals surface area contributed by atoms with Crippen LogP contribution in [-0.4, -0.2) is 16.8 Å². The largest absolute Gasteiger partial charge is 0.420 e.